The van der Waals surface area contributed by atoms with E-state index in [-0.39, 0.29) is 11.8 Å². The first-order valence-corrected chi connectivity index (χ1v) is 6.71. The first-order chi connectivity index (χ1) is 8.52. The lowest BCUT2D eigenvalue weighted by atomic mass is 10.2. The van der Waals surface area contributed by atoms with E-state index in [2.05, 4.69) is 5.32 Å². The summed E-state index contributed by atoms with van der Waals surface area (Å²) in [5, 5.41) is 3.20. The van der Waals surface area contributed by atoms with Crippen LogP contribution >= 0.6 is 0 Å². The Bertz CT molecular complexity index is 251. The number of amides is 2. The summed E-state index contributed by atoms with van der Waals surface area (Å²) in [6.07, 6.45) is 1.91. The van der Waals surface area contributed by atoms with Crippen LogP contribution in [-0.2, 0) is 9.59 Å². The van der Waals surface area contributed by atoms with Crippen molar-refractivity contribution < 1.29 is 9.59 Å². The van der Waals surface area contributed by atoms with Gasteiger partial charge in [0.1, 0.15) is 0 Å². The van der Waals surface area contributed by atoms with Gasteiger partial charge in [0.05, 0.1) is 0 Å². The van der Waals surface area contributed by atoms with E-state index in [1.54, 1.807) is 19.0 Å². The first kappa shape index (κ1) is 16.9. The van der Waals surface area contributed by atoms with Gasteiger partial charge in [-0.25, -0.2) is 0 Å². The van der Waals surface area contributed by atoms with Crippen LogP contribution in [-0.4, -0.2) is 61.9 Å². The molecule has 0 spiro atoms. The van der Waals surface area contributed by atoms with Gasteiger partial charge in [-0.2, -0.15) is 0 Å². The molecule has 0 aliphatic carbocycles. The van der Waals surface area contributed by atoms with Gasteiger partial charge in [-0.1, -0.05) is 0 Å². The number of nitrogens with one attached hydrogen (secondary N) is 1. The number of nitrogens with zero attached hydrogens (tertiary/aromatic N) is 2. The minimum atomic E-state index is 0.149. The van der Waals surface area contributed by atoms with Gasteiger partial charge in [0.15, 0.2) is 0 Å². The van der Waals surface area contributed by atoms with Gasteiger partial charge in [-0.05, 0) is 26.8 Å². The molecule has 0 fully saturated rings. The summed E-state index contributed by atoms with van der Waals surface area (Å²) in [4.78, 5) is 26.4. The van der Waals surface area contributed by atoms with Gasteiger partial charge in [0.2, 0.25) is 11.8 Å². The SMILES string of the molecule is CCN(CC)C(=O)CCNCCCC(=O)N(C)C. The fourth-order valence-corrected chi connectivity index (χ4v) is 1.64. The highest BCUT2D eigenvalue weighted by atomic mass is 16.2. The molecule has 0 rings (SSSR count). The lowest BCUT2D eigenvalue weighted by Crippen LogP contribution is -2.33. The van der Waals surface area contributed by atoms with Crippen molar-refractivity contribution in [2.24, 2.45) is 0 Å². The molecule has 0 saturated carbocycles. The standard InChI is InChI=1S/C13H27N3O2/c1-5-16(6-2)13(18)9-11-14-10-7-8-12(17)15(3)4/h14H,5-11H2,1-4H3. The maximum absolute atomic E-state index is 11.7. The Labute approximate surface area is 111 Å². The zero-order valence-corrected chi connectivity index (χ0v) is 12.2. The maximum Gasteiger partial charge on any atom is 0.223 e. The van der Waals surface area contributed by atoms with Crippen molar-refractivity contribution in [1.82, 2.24) is 15.1 Å². The van der Waals surface area contributed by atoms with Crippen molar-refractivity contribution in [3.8, 4) is 0 Å². The minimum absolute atomic E-state index is 0.149. The van der Waals surface area contributed by atoms with Crippen LogP contribution in [0.4, 0.5) is 0 Å². The Morgan fingerprint density at radius 1 is 0.944 bits per heavy atom. The van der Waals surface area contributed by atoms with Crippen LogP contribution in [0.5, 0.6) is 0 Å². The molecule has 0 heterocycles. The highest BCUT2D eigenvalue weighted by molar-refractivity contribution is 5.76. The molecular weight excluding hydrogens is 230 g/mol. The first-order valence-electron chi connectivity index (χ1n) is 6.71. The van der Waals surface area contributed by atoms with Crippen molar-refractivity contribution in [3.63, 3.8) is 0 Å². The van der Waals surface area contributed by atoms with Gasteiger partial charge in [0, 0.05) is 46.6 Å². The van der Waals surface area contributed by atoms with Crippen molar-refractivity contribution >= 4 is 11.8 Å². The van der Waals surface area contributed by atoms with Crippen molar-refractivity contribution in [2.45, 2.75) is 33.1 Å². The molecule has 0 aromatic rings. The van der Waals surface area contributed by atoms with Crippen LogP contribution in [0.25, 0.3) is 0 Å². The normalized spacial score (nSPS) is 10.2. The van der Waals surface area contributed by atoms with Crippen LogP contribution in [0.1, 0.15) is 33.1 Å². The summed E-state index contributed by atoms with van der Waals surface area (Å²) in [7, 11) is 3.52. The Kier molecular flexibility index (Phi) is 9.28. The van der Waals surface area contributed by atoms with Crippen LogP contribution in [0.15, 0.2) is 0 Å². The minimum Gasteiger partial charge on any atom is -0.349 e. The van der Waals surface area contributed by atoms with E-state index >= 15 is 0 Å². The topological polar surface area (TPSA) is 52.7 Å². The molecule has 2 amide bonds. The molecule has 0 saturated heterocycles. The average Bonchev–Trinajstić information content (AvgIpc) is 2.34. The molecule has 0 aromatic heterocycles. The fraction of sp³-hybridized carbons (Fsp3) is 0.846. The van der Waals surface area contributed by atoms with Crippen LogP contribution in [0.2, 0.25) is 0 Å². The van der Waals surface area contributed by atoms with E-state index in [1.165, 1.54) is 0 Å². The summed E-state index contributed by atoms with van der Waals surface area (Å²) in [5.41, 5.74) is 0. The summed E-state index contributed by atoms with van der Waals surface area (Å²) in [6.45, 7) is 6.99. The molecule has 0 aliphatic rings. The van der Waals surface area contributed by atoms with Crippen LogP contribution in [0.3, 0.4) is 0 Å². The zero-order valence-electron chi connectivity index (χ0n) is 12.2. The second-order valence-electron chi connectivity index (χ2n) is 4.46. The molecular formula is C13H27N3O2. The van der Waals surface area contributed by atoms with E-state index in [0.717, 1.165) is 26.1 Å². The number of hydrogen-bond acceptors (Lipinski definition) is 3. The Balaban J connectivity index is 3.51. The third-order valence-corrected chi connectivity index (χ3v) is 2.87. The summed E-state index contributed by atoms with van der Waals surface area (Å²) in [6, 6.07) is 0. The highest BCUT2D eigenvalue weighted by Gasteiger charge is 2.08. The maximum atomic E-state index is 11.7. The molecule has 0 atom stereocenters. The van der Waals surface area contributed by atoms with Gasteiger partial charge >= 0.3 is 0 Å². The Morgan fingerprint density at radius 3 is 2.06 bits per heavy atom. The third kappa shape index (κ3) is 7.27. The molecule has 0 radical (unpaired) electrons. The van der Waals surface area contributed by atoms with Crippen molar-refractivity contribution in [1.29, 1.82) is 0 Å². The van der Waals surface area contributed by atoms with E-state index in [0.29, 0.717) is 19.4 Å². The monoisotopic (exact) mass is 257 g/mol. The van der Waals surface area contributed by atoms with Gasteiger partial charge < -0.3 is 15.1 Å². The average molecular weight is 257 g/mol. The van der Waals surface area contributed by atoms with E-state index in [4.69, 9.17) is 0 Å². The molecule has 18 heavy (non-hydrogen) atoms. The molecule has 0 aromatic carbocycles. The van der Waals surface area contributed by atoms with Gasteiger partial charge in [-0.15, -0.1) is 0 Å². The van der Waals surface area contributed by atoms with E-state index in [1.807, 2.05) is 18.7 Å². The van der Waals surface area contributed by atoms with Crippen molar-refractivity contribution in [2.75, 3.05) is 40.3 Å². The predicted molar refractivity (Wildman–Crippen MR) is 73.3 cm³/mol. The second kappa shape index (κ2) is 9.88. The molecule has 106 valence electrons. The van der Waals surface area contributed by atoms with Crippen LogP contribution < -0.4 is 5.32 Å². The smallest absolute Gasteiger partial charge is 0.223 e. The predicted octanol–water partition coefficient (Wildman–Crippen LogP) is 0.703. The summed E-state index contributed by atoms with van der Waals surface area (Å²) < 4.78 is 0. The summed E-state index contributed by atoms with van der Waals surface area (Å²) >= 11 is 0. The highest BCUT2D eigenvalue weighted by Crippen LogP contribution is 1.94. The molecule has 0 unspecified atom stereocenters. The Hall–Kier alpha value is -1.10. The lowest BCUT2D eigenvalue weighted by Gasteiger charge is -2.18. The molecule has 0 aliphatic heterocycles. The third-order valence-electron chi connectivity index (χ3n) is 2.87. The Morgan fingerprint density at radius 2 is 1.56 bits per heavy atom. The largest absolute Gasteiger partial charge is 0.349 e. The molecule has 1 N–H and O–H groups in total. The second-order valence-corrected chi connectivity index (χ2v) is 4.46. The summed E-state index contributed by atoms with van der Waals surface area (Å²) in [5.74, 6) is 0.341. The fourth-order valence-electron chi connectivity index (χ4n) is 1.64. The number of rotatable bonds is 9. The number of carbonyl (C=O) groups is 2. The zero-order chi connectivity index (χ0) is 14.0. The molecule has 0 bridgehead atoms. The van der Waals surface area contributed by atoms with Crippen LogP contribution in [0, 0.1) is 0 Å². The quantitative estimate of drug-likeness (QED) is 0.619. The van der Waals surface area contributed by atoms with E-state index < -0.39 is 0 Å². The van der Waals surface area contributed by atoms with Gasteiger partial charge in [-0.3, -0.25) is 9.59 Å². The number of hydrogen-bond donors (Lipinski definition) is 1. The number of carbonyl (C=O) groups excluding carboxylic acids is 2. The van der Waals surface area contributed by atoms with Gasteiger partial charge in [0.25, 0.3) is 0 Å². The molecule has 5 heteroatoms. The lowest BCUT2D eigenvalue weighted by molar-refractivity contribution is -0.131. The van der Waals surface area contributed by atoms with Crippen molar-refractivity contribution in [3.05, 3.63) is 0 Å². The molecule has 5 nitrogen and oxygen atoms in total. The van der Waals surface area contributed by atoms with E-state index in [9.17, 15) is 9.59 Å².